The Hall–Kier alpha value is -2.38. The number of para-hydroxylation sites is 1. The van der Waals surface area contributed by atoms with Gasteiger partial charge in [0.15, 0.2) is 0 Å². The molecule has 4 heteroatoms. The monoisotopic (exact) mass is 296 g/mol. The molecule has 0 aromatic heterocycles. The molecule has 1 aliphatic heterocycles. The number of ether oxygens (including phenoxy) is 1. The van der Waals surface area contributed by atoms with Gasteiger partial charge in [-0.1, -0.05) is 18.2 Å². The molecule has 0 unspecified atom stereocenters. The fourth-order valence-corrected chi connectivity index (χ4v) is 2.88. The van der Waals surface area contributed by atoms with Crippen molar-refractivity contribution in [1.82, 2.24) is 5.32 Å². The third kappa shape index (κ3) is 2.81. The zero-order chi connectivity index (χ0) is 15.4. The molecular formula is C18H17FN2O. The third-order valence-electron chi connectivity index (χ3n) is 4.12. The highest BCUT2D eigenvalue weighted by atomic mass is 19.1. The third-order valence-corrected chi connectivity index (χ3v) is 4.12. The number of hydrogen-bond acceptors (Lipinski definition) is 3. The Balaban J connectivity index is 1.96. The molecule has 1 fully saturated rings. The average molecular weight is 296 g/mol. The first-order valence-electron chi connectivity index (χ1n) is 7.38. The number of halogens is 1. The van der Waals surface area contributed by atoms with E-state index < -0.39 is 5.41 Å². The van der Waals surface area contributed by atoms with E-state index >= 15 is 0 Å². The molecular weight excluding hydrogens is 279 g/mol. The zero-order valence-corrected chi connectivity index (χ0v) is 12.2. The lowest BCUT2D eigenvalue weighted by Crippen LogP contribution is -2.39. The van der Waals surface area contributed by atoms with E-state index in [0.29, 0.717) is 11.5 Å². The lowest BCUT2D eigenvalue weighted by molar-refractivity contribution is 0.367. The van der Waals surface area contributed by atoms with Gasteiger partial charge in [0.05, 0.1) is 11.5 Å². The van der Waals surface area contributed by atoms with Gasteiger partial charge in [-0.2, -0.15) is 5.26 Å². The first kappa shape index (κ1) is 14.6. The fourth-order valence-electron chi connectivity index (χ4n) is 2.88. The van der Waals surface area contributed by atoms with E-state index in [-0.39, 0.29) is 5.82 Å². The van der Waals surface area contributed by atoms with E-state index in [0.717, 1.165) is 31.5 Å². The van der Waals surface area contributed by atoms with Crippen LogP contribution >= 0.6 is 0 Å². The van der Waals surface area contributed by atoms with Crippen molar-refractivity contribution >= 4 is 0 Å². The summed E-state index contributed by atoms with van der Waals surface area (Å²) in [5.74, 6) is 0.931. The maximum atomic E-state index is 13.0. The highest BCUT2D eigenvalue weighted by Crippen LogP contribution is 2.39. The minimum absolute atomic E-state index is 0.299. The fraction of sp³-hybridized carbons (Fsp3) is 0.278. The van der Waals surface area contributed by atoms with Crippen LogP contribution in [0.5, 0.6) is 11.5 Å². The summed E-state index contributed by atoms with van der Waals surface area (Å²) in [5.41, 5.74) is 0.380. The molecule has 3 rings (SSSR count). The summed E-state index contributed by atoms with van der Waals surface area (Å²) in [5, 5.41) is 13.0. The second kappa shape index (κ2) is 6.17. The van der Waals surface area contributed by atoms with E-state index in [9.17, 15) is 9.65 Å². The number of rotatable bonds is 3. The van der Waals surface area contributed by atoms with Crippen LogP contribution in [0, 0.1) is 17.1 Å². The molecule has 1 saturated heterocycles. The number of benzene rings is 2. The van der Waals surface area contributed by atoms with Gasteiger partial charge < -0.3 is 10.1 Å². The lowest BCUT2D eigenvalue weighted by Gasteiger charge is -2.32. The summed E-state index contributed by atoms with van der Waals surface area (Å²) >= 11 is 0. The van der Waals surface area contributed by atoms with Crippen molar-refractivity contribution in [3.05, 3.63) is 59.9 Å². The molecule has 0 bridgehead atoms. The number of hydrogen-bond donors (Lipinski definition) is 1. The van der Waals surface area contributed by atoms with Crippen LogP contribution in [0.1, 0.15) is 18.4 Å². The molecule has 0 amide bonds. The van der Waals surface area contributed by atoms with Crippen LogP contribution in [-0.2, 0) is 5.41 Å². The van der Waals surface area contributed by atoms with Gasteiger partial charge in [-0.05, 0) is 56.3 Å². The Morgan fingerprint density at radius 1 is 1.05 bits per heavy atom. The predicted molar refractivity (Wildman–Crippen MR) is 82.3 cm³/mol. The minimum atomic E-state index is -0.526. The maximum absolute atomic E-state index is 13.0. The van der Waals surface area contributed by atoms with Crippen LogP contribution in [0.2, 0.25) is 0 Å². The molecule has 0 saturated carbocycles. The first-order valence-corrected chi connectivity index (χ1v) is 7.38. The van der Waals surface area contributed by atoms with Gasteiger partial charge in [0.25, 0.3) is 0 Å². The molecule has 112 valence electrons. The van der Waals surface area contributed by atoms with Gasteiger partial charge in [0, 0.05) is 5.56 Å². The predicted octanol–water partition coefficient (Wildman–Crippen LogP) is 3.76. The van der Waals surface area contributed by atoms with Gasteiger partial charge >= 0.3 is 0 Å². The second-order valence-electron chi connectivity index (χ2n) is 5.50. The van der Waals surface area contributed by atoms with E-state index in [4.69, 9.17) is 4.74 Å². The largest absolute Gasteiger partial charge is 0.457 e. The van der Waals surface area contributed by atoms with Crippen molar-refractivity contribution in [1.29, 1.82) is 5.26 Å². The molecule has 1 N–H and O–H groups in total. The highest BCUT2D eigenvalue weighted by Gasteiger charge is 2.36. The Labute approximate surface area is 129 Å². The smallest absolute Gasteiger partial charge is 0.132 e. The number of nitrogens with one attached hydrogen (secondary N) is 1. The molecule has 1 heterocycles. The van der Waals surface area contributed by atoms with Crippen LogP contribution in [0.3, 0.4) is 0 Å². The Morgan fingerprint density at radius 3 is 2.41 bits per heavy atom. The SMILES string of the molecule is N#CC1(c2ccccc2Oc2ccc(F)cc2)CCNCC1. The summed E-state index contributed by atoms with van der Waals surface area (Å²) < 4.78 is 18.9. The Bertz CT molecular complexity index is 685. The van der Waals surface area contributed by atoms with Gasteiger partial charge in [-0.15, -0.1) is 0 Å². The van der Waals surface area contributed by atoms with Crippen LogP contribution in [-0.4, -0.2) is 13.1 Å². The summed E-state index contributed by atoms with van der Waals surface area (Å²) in [4.78, 5) is 0. The van der Waals surface area contributed by atoms with Crippen molar-refractivity contribution in [2.24, 2.45) is 0 Å². The lowest BCUT2D eigenvalue weighted by atomic mass is 9.74. The molecule has 2 aromatic rings. The van der Waals surface area contributed by atoms with Crippen LogP contribution in [0.15, 0.2) is 48.5 Å². The van der Waals surface area contributed by atoms with Crippen LogP contribution in [0.4, 0.5) is 4.39 Å². The molecule has 22 heavy (non-hydrogen) atoms. The highest BCUT2D eigenvalue weighted by molar-refractivity contribution is 5.46. The van der Waals surface area contributed by atoms with E-state index in [1.807, 2.05) is 24.3 Å². The maximum Gasteiger partial charge on any atom is 0.132 e. The number of nitriles is 1. The Kier molecular flexibility index (Phi) is 4.08. The Morgan fingerprint density at radius 2 is 1.73 bits per heavy atom. The topological polar surface area (TPSA) is 45.0 Å². The zero-order valence-electron chi connectivity index (χ0n) is 12.2. The van der Waals surface area contributed by atoms with Gasteiger partial charge in [0.2, 0.25) is 0 Å². The van der Waals surface area contributed by atoms with Crippen molar-refractivity contribution in [2.45, 2.75) is 18.3 Å². The summed E-state index contributed by atoms with van der Waals surface area (Å²) in [6.45, 7) is 1.64. The summed E-state index contributed by atoms with van der Waals surface area (Å²) in [6.07, 6.45) is 1.51. The molecule has 1 aliphatic rings. The average Bonchev–Trinajstić information content (AvgIpc) is 2.58. The van der Waals surface area contributed by atoms with Crippen molar-refractivity contribution < 1.29 is 9.13 Å². The molecule has 3 nitrogen and oxygen atoms in total. The second-order valence-corrected chi connectivity index (χ2v) is 5.50. The molecule has 0 spiro atoms. The normalized spacial score (nSPS) is 16.7. The summed E-state index contributed by atoms with van der Waals surface area (Å²) in [7, 11) is 0. The molecule has 2 aromatic carbocycles. The van der Waals surface area contributed by atoms with Gasteiger partial charge in [0.1, 0.15) is 17.3 Å². The quantitative estimate of drug-likeness (QED) is 0.938. The van der Waals surface area contributed by atoms with Crippen LogP contribution < -0.4 is 10.1 Å². The van der Waals surface area contributed by atoms with Crippen molar-refractivity contribution in [2.75, 3.05) is 13.1 Å². The van der Waals surface area contributed by atoms with Gasteiger partial charge in [-0.3, -0.25) is 0 Å². The van der Waals surface area contributed by atoms with Crippen molar-refractivity contribution in [3.8, 4) is 17.6 Å². The summed E-state index contributed by atoms with van der Waals surface area (Å²) in [6, 6.07) is 16.0. The number of piperidine rings is 1. The minimum Gasteiger partial charge on any atom is -0.457 e. The van der Waals surface area contributed by atoms with E-state index in [1.54, 1.807) is 12.1 Å². The van der Waals surface area contributed by atoms with Crippen LogP contribution in [0.25, 0.3) is 0 Å². The number of nitrogens with zero attached hydrogens (tertiary/aromatic N) is 1. The molecule has 0 radical (unpaired) electrons. The molecule has 0 atom stereocenters. The standard InChI is InChI=1S/C18H17FN2O/c19-14-5-7-15(8-6-14)22-17-4-2-1-3-16(17)18(13-20)9-11-21-12-10-18/h1-8,21H,9-12H2. The van der Waals surface area contributed by atoms with E-state index in [2.05, 4.69) is 11.4 Å². The first-order chi connectivity index (χ1) is 10.7. The van der Waals surface area contributed by atoms with Crippen molar-refractivity contribution in [3.63, 3.8) is 0 Å². The van der Waals surface area contributed by atoms with Gasteiger partial charge in [-0.25, -0.2) is 4.39 Å². The molecule has 0 aliphatic carbocycles. The van der Waals surface area contributed by atoms with E-state index in [1.165, 1.54) is 12.1 Å².